The van der Waals surface area contributed by atoms with E-state index in [1.54, 1.807) is 0 Å². The molecular weight excluding hydrogens is 312 g/mol. The minimum absolute atomic E-state index is 0.0387. The molecule has 2 fully saturated rings. The Morgan fingerprint density at radius 2 is 1.96 bits per heavy atom. The Balaban J connectivity index is 1.67. The molecule has 2 N–H and O–H groups in total. The lowest BCUT2D eigenvalue weighted by atomic mass is 9.74. The summed E-state index contributed by atoms with van der Waals surface area (Å²) in [7, 11) is 0. The largest absolute Gasteiger partial charge is 0.370 e. The number of carbonyl (C=O) groups is 2. The number of likely N-dealkylation sites (tertiary alicyclic amines) is 1. The fraction of sp³-hybridized carbons (Fsp3) is 0.556. The number of hydrogen-bond acceptors (Lipinski definition) is 2. The maximum Gasteiger partial charge on any atom is 0.226 e. The normalized spacial score (nSPS) is 25.0. The van der Waals surface area contributed by atoms with Gasteiger partial charge in [-0.3, -0.25) is 9.59 Å². The van der Waals surface area contributed by atoms with Crippen LogP contribution in [0.1, 0.15) is 43.6 Å². The standard InChI is InChI=1S/C18H23ClN2O2/c19-14-5-3-4-13(9-14)15-6-1-2-7-16(15)18(23)21-10-12(11-21)8-17(20)22/h3-5,9,12,15-16H,1-2,6-8,10-11H2,(H2,20,22)/t15-,16+/m0/s1. The van der Waals surface area contributed by atoms with E-state index in [0.29, 0.717) is 19.5 Å². The van der Waals surface area contributed by atoms with Crippen molar-refractivity contribution in [1.29, 1.82) is 0 Å². The van der Waals surface area contributed by atoms with Crippen LogP contribution >= 0.6 is 11.6 Å². The molecule has 1 aliphatic carbocycles. The number of carbonyl (C=O) groups excluding carboxylic acids is 2. The van der Waals surface area contributed by atoms with Crippen LogP contribution in [0.3, 0.4) is 0 Å². The third-order valence-electron chi connectivity index (χ3n) is 5.12. The van der Waals surface area contributed by atoms with Crippen LogP contribution in [-0.2, 0) is 9.59 Å². The Labute approximate surface area is 142 Å². The first-order chi connectivity index (χ1) is 11.0. The Bertz CT molecular complexity index is 598. The molecule has 5 heteroatoms. The first-order valence-electron chi connectivity index (χ1n) is 8.37. The van der Waals surface area contributed by atoms with Crippen molar-refractivity contribution in [2.45, 2.75) is 38.0 Å². The zero-order valence-electron chi connectivity index (χ0n) is 13.2. The lowest BCUT2D eigenvalue weighted by Crippen LogP contribution is -2.53. The van der Waals surface area contributed by atoms with Crippen LogP contribution in [0.5, 0.6) is 0 Å². The van der Waals surface area contributed by atoms with E-state index in [1.807, 2.05) is 23.1 Å². The maximum absolute atomic E-state index is 12.9. The van der Waals surface area contributed by atoms with E-state index in [4.69, 9.17) is 17.3 Å². The third kappa shape index (κ3) is 3.69. The van der Waals surface area contributed by atoms with Gasteiger partial charge in [-0.05, 0) is 36.5 Å². The van der Waals surface area contributed by atoms with Gasteiger partial charge in [0.2, 0.25) is 11.8 Å². The minimum Gasteiger partial charge on any atom is -0.370 e. The smallest absolute Gasteiger partial charge is 0.226 e. The number of benzene rings is 1. The molecular formula is C18H23ClN2O2. The number of primary amides is 1. The monoisotopic (exact) mass is 334 g/mol. The number of amides is 2. The summed E-state index contributed by atoms with van der Waals surface area (Å²) < 4.78 is 0. The van der Waals surface area contributed by atoms with Crippen LogP contribution in [0, 0.1) is 11.8 Å². The first kappa shape index (κ1) is 16.3. The van der Waals surface area contributed by atoms with Crippen molar-refractivity contribution in [2.75, 3.05) is 13.1 Å². The number of halogens is 1. The van der Waals surface area contributed by atoms with Crippen molar-refractivity contribution in [3.05, 3.63) is 34.9 Å². The van der Waals surface area contributed by atoms with Crippen molar-refractivity contribution < 1.29 is 9.59 Å². The minimum atomic E-state index is -0.281. The van der Waals surface area contributed by atoms with Crippen LogP contribution in [0.4, 0.5) is 0 Å². The van der Waals surface area contributed by atoms with Gasteiger partial charge in [-0.15, -0.1) is 0 Å². The average Bonchev–Trinajstić information content (AvgIpc) is 2.49. The molecule has 4 nitrogen and oxygen atoms in total. The average molecular weight is 335 g/mol. The quantitative estimate of drug-likeness (QED) is 0.920. The molecule has 1 saturated heterocycles. The predicted molar refractivity (Wildman–Crippen MR) is 90.0 cm³/mol. The van der Waals surface area contributed by atoms with Crippen LogP contribution in [0.2, 0.25) is 5.02 Å². The molecule has 2 amide bonds. The van der Waals surface area contributed by atoms with Crippen molar-refractivity contribution >= 4 is 23.4 Å². The fourth-order valence-electron chi connectivity index (χ4n) is 3.96. The van der Waals surface area contributed by atoms with E-state index < -0.39 is 0 Å². The molecule has 1 aliphatic heterocycles. The Morgan fingerprint density at radius 3 is 2.65 bits per heavy atom. The summed E-state index contributed by atoms with van der Waals surface area (Å²) in [5, 5.41) is 0.727. The summed E-state index contributed by atoms with van der Waals surface area (Å²) >= 11 is 6.12. The predicted octanol–water partition coefficient (Wildman–Crippen LogP) is 2.95. The molecule has 2 atom stereocenters. The highest BCUT2D eigenvalue weighted by Gasteiger charge is 2.39. The van der Waals surface area contributed by atoms with E-state index in [0.717, 1.165) is 30.7 Å². The van der Waals surface area contributed by atoms with Gasteiger partial charge in [0, 0.05) is 36.4 Å². The van der Waals surface area contributed by atoms with Crippen LogP contribution < -0.4 is 5.73 Å². The van der Waals surface area contributed by atoms with Crippen molar-refractivity contribution in [2.24, 2.45) is 17.6 Å². The van der Waals surface area contributed by atoms with Gasteiger partial charge in [-0.25, -0.2) is 0 Å². The van der Waals surface area contributed by atoms with Crippen LogP contribution in [0.25, 0.3) is 0 Å². The first-order valence-corrected chi connectivity index (χ1v) is 8.75. The maximum atomic E-state index is 12.9. The second-order valence-corrected chi connectivity index (χ2v) is 7.27. The molecule has 2 aliphatic rings. The summed E-state index contributed by atoms with van der Waals surface area (Å²) in [6, 6.07) is 7.90. The van der Waals surface area contributed by atoms with Crippen LogP contribution in [-0.4, -0.2) is 29.8 Å². The highest BCUT2D eigenvalue weighted by Crippen LogP contribution is 2.40. The second-order valence-electron chi connectivity index (χ2n) is 6.83. The molecule has 0 spiro atoms. The van der Waals surface area contributed by atoms with Gasteiger partial charge in [0.15, 0.2) is 0 Å². The molecule has 23 heavy (non-hydrogen) atoms. The molecule has 3 rings (SSSR count). The molecule has 1 aromatic rings. The highest BCUT2D eigenvalue weighted by molar-refractivity contribution is 6.30. The molecule has 1 heterocycles. The topological polar surface area (TPSA) is 63.4 Å². The number of hydrogen-bond donors (Lipinski definition) is 1. The summed E-state index contributed by atoms with van der Waals surface area (Å²) in [4.78, 5) is 25.7. The summed E-state index contributed by atoms with van der Waals surface area (Å²) in [5.41, 5.74) is 6.40. The van der Waals surface area contributed by atoms with Crippen molar-refractivity contribution in [1.82, 2.24) is 4.90 Å². The third-order valence-corrected chi connectivity index (χ3v) is 5.35. The van der Waals surface area contributed by atoms with E-state index >= 15 is 0 Å². The molecule has 0 aromatic heterocycles. The van der Waals surface area contributed by atoms with Gasteiger partial charge in [0.1, 0.15) is 0 Å². The van der Waals surface area contributed by atoms with E-state index in [-0.39, 0.29) is 29.6 Å². The lowest BCUT2D eigenvalue weighted by molar-refractivity contribution is -0.145. The van der Waals surface area contributed by atoms with Crippen molar-refractivity contribution in [3.63, 3.8) is 0 Å². The number of nitrogens with two attached hydrogens (primary N) is 1. The van der Waals surface area contributed by atoms with E-state index in [2.05, 4.69) is 6.07 Å². The fourth-order valence-corrected chi connectivity index (χ4v) is 4.16. The molecule has 0 unspecified atom stereocenters. The Hall–Kier alpha value is -1.55. The number of rotatable bonds is 4. The second kappa shape index (κ2) is 6.91. The van der Waals surface area contributed by atoms with Gasteiger partial charge in [0.25, 0.3) is 0 Å². The van der Waals surface area contributed by atoms with Crippen LogP contribution in [0.15, 0.2) is 24.3 Å². The molecule has 0 radical (unpaired) electrons. The zero-order valence-corrected chi connectivity index (χ0v) is 14.0. The van der Waals surface area contributed by atoms with Gasteiger partial charge in [-0.1, -0.05) is 36.6 Å². The summed E-state index contributed by atoms with van der Waals surface area (Å²) in [6.45, 7) is 1.33. The van der Waals surface area contributed by atoms with E-state index in [1.165, 1.54) is 5.56 Å². The zero-order chi connectivity index (χ0) is 16.4. The van der Waals surface area contributed by atoms with E-state index in [9.17, 15) is 9.59 Å². The molecule has 124 valence electrons. The van der Waals surface area contributed by atoms with Gasteiger partial charge in [-0.2, -0.15) is 0 Å². The van der Waals surface area contributed by atoms with Gasteiger partial charge in [0.05, 0.1) is 0 Å². The molecule has 0 bridgehead atoms. The SMILES string of the molecule is NC(=O)CC1CN(C(=O)[C@@H]2CCCC[C@H]2c2cccc(Cl)c2)C1. The van der Waals surface area contributed by atoms with Gasteiger partial charge >= 0.3 is 0 Å². The van der Waals surface area contributed by atoms with Gasteiger partial charge < -0.3 is 10.6 Å². The Morgan fingerprint density at radius 1 is 1.22 bits per heavy atom. The molecule has 1 saturated carbocycles. The lowest BCUT2D eigenvalue weighted by Gasteiger charge is -2.43. The number of nitrogens with zero attached hydrogens (tertiary/aromatic N) is 1. The molecule has 1 aromatic carbocycles. The summed E-state index contributed by atoms with van der Waals surface area (Å²) in [5.74, 6) is 0.485. The summed E-state index contributed by atoms with van der Waals surface area (Å²) in [6.07, 6.45) is 4.62. The van der Waals surface area contributed by atoms with Crippen molar-refractivity contribution in [3.8, 4) is 0 Å². The highest BCUT2D eigenvalue weighted by atomic mass is 35.5. The Kier molecular flexibility index (Phi) is 4.90.